The summed E-state index contributed by atoms with van der Waals surface area (Å²) in [6.45, 7) is 1.66. The summed E-state index contributed by atoms with van der Waals surface area (Å²) in [7, 11) is 0. The number of hydrogen-bond donors (Lipinski definition) is 0. The van der Waals surface area contributed by atoms with Crippen LogP contribution in [0.4, 0.5) is 4.39 Å². The van der Waals surface area contributed by atoms with Gasteiger partial charge < -0.3 is 0 Å². The first-order chi connectivity index (χ1) is 4.20. The molecule has 0 N–H and O–H groups in total. The first-order valence-electron chi connectivity index (χ1n) is 2.53. The molecule has 0 saturated heterocycles. The average Bonchev–Trinajstić information content (AvgIpc) is 1.80. The number of halogens is 2. The molecule has 0 heterocycles. The van der Waals surface area contributed by atoms with E-state index in [4.69, 9.17) is 11.6 Å². The fraction of sp³-hybridized carbons (Fsp3) is 0.143. The summed E-state index contributed by atoms with van der Waals surface area (Å²) in [5, 5.41) is 0.453. The van der Waals surface area contributed by atoms with E-state index in [0.717, 1.165) is 0 Å². The van der Waals surface area contributed by atoms with Crippen LogP contribution in [0.25, 0.3) is 0 Å². The average molecular weight is 209 g/mol. The minimum Gasteiger partial charge on any atom is -0.284 e. The molecule has 0 radical (unpaired) electrons. The number of benzene rings is 1. The second kappa shape index (κ2) is 4.05. The number of aryl methyl sites for hydroxylation is 1. The Hall–Kier alpha value is 0.0634. The monoisotopic (exact) mass is 207 g/mol. The molecule has 10 heavy (non-hydrogen) atoms. The molecule has 1 aromatic rings. The molecule has 0 atom stereocenters. The third kappa shape index (κ3) is 2.36. The third-order valence-corrected chi connectivity index (χ3v) is 1.27. The quantitative estimate of drug-likeness (QED) is 0.455. The standard InChI is InChI=1S/C7H5ClF.Zn/c1-5-4-6(8)2-3-7(5)9;/h3-4H,1H3;/q-1;. The molecular weight excluding hydrogens is 204 g/mol. The largest absolute Gasteiger partial charge is 0.284 e. The maximum absolute atomic E-state index is 12.4. The van der Waals surface area contributed by atoms with Crippen LogP contribution in [0, 0.1) is 18.8 Å². The van der Waals surface area contributed by atoms with Crippen LogP contribution in [0.15, 0.2) is 12.1 Å². The summed E-state index contributed by atoms with van der Waals surface area (Å²) in [5.74, 6) is -0.264. The number of rotatable bonds is 0. The Kier molecular flexibility index (Phi) is 4.08. The van der Waals surface area contributed by atoms with E-state index >= 15 is 0 Å². The van der Waals surface area contributed by atoms with E-state index < -0.39 is 0 Å². The minimum absolute atomic E-state index is 0. The normalized spacial score (nSPS) is 8.70. The summed E-state index contributed by atoms with van der Waals surface area (Å²) >= 11 is 5.49. The van der Waals surface area contributed by atoms with Gasteiger partial charge in [-0.2, -0.15) is 6.07 Å². The molecule has 0 fully saturated rings. The van der Waals surface area contributed by atoms with E-state index in [1.165, 1.54) is 12.1 Å². The molecule has 50 valence electrons. The Balaban J connectivity index is 0.000000810. The second-order valence-corrected chi connectivity index (χ2v) is 2.22. The Morgan fingerprint density at radius 1 is 1.60 bits per heavy atom. The van der Waals surface area contributed by atoms with Crippen molar-refractivity contribution < 1.29 is 23.9 Å². The Bertz CT molecular complexity index is 225. The zero-order valence-electron chi connectivity index (χ0n) is 5.62. The Morgan fingerprint density at radius 2 is 2.20 bits per heavy atom. The fourth-order valence-electron chi connectivity index (χ4n) is 0.547. The van der Waals surface area contributed by atoms with Crippen LogP contribution in [-0.4, -0.2) is 0 Å². The summed E-state index contributed by atoms with van der Waals surface area (Å²) in [4.78, 5) is 0. The molecule has 1 rings (SSSR count). The van der Waals surface area contributed by atoms with Crippen molar-refractivity contribution in [1.82, 2.24) is 0 Å². The van der Waals surface area contributed by atoms with Gasteiger partial charge in [0.25, 0.3) is 0 Å². The first kappa shape index (κ1) is 10.1. The molecule has 0 saturated carbocycles. The molecular formula is C7H5ClFZn-. The van der Waals surface area contributed by atoms with Gasteiger partial charge in [0, 0.05) is 25.3 Å². The predicted molar refractivity (Wildman–Crippen MR) is 35.0 cm³/mol. The first-order valence-corrected chi connectivity index (χ1v) is 2.91. The third-order valence-electron chi connectivity index (χ3n) is 1.06. The summed E-state index contributed by atoms with van der Waals surface area (Å²) in [6, 6.07) is 5.30. The van der Waals surface area contributed by atoms with E-state index in [9.17, 15) is 4.39 Å². The summed E-state index contributed by atoms with van der Waals surface area (Å²) < 4.78 is 12.4. The minimum atomic E-state index is -0.264. The molecule has 0 aliphatic carbocycles. The van der Waals surface area contributed by atoms with Crippen molar-refractivity contribution in [2.45, 2.75) is 6.92 Å². The van der Waals surface area contributed by atoms with Crippen LogP contribution in [0.2, 0.25) is 5.02 Å². The molecule has 0 nitrogen and oxygen atoms in total. The van der Waals surface area contributed by atoms with Crippen LogP contribution in [0.1, 0.15) is 5.56 Å². The van der Waals surface area contributed by atoms with Gasteiger partial charge in [-0.1, -0.05) is 11.9 Å². The predicted octanol–water partition coefficient (Wildman–Crippen LogP) is 2.59. The molecule has 1 aromatic carbocycles. The SMILES string of the molecule is Cc1cc(Cl)[c-]cc1F.[Zn]. The van der Waals surface area contributed by atoms with Gasteiger partial charge in [-0.15, -0.1) is 29.3 Å². The fourth-order valence-corrected chi connectivity index (χ4v) is 0.765. The zero-order chi connectivity index (χ0) is 6.85. The van der Waals surface area contributed by atoms with Crippen LogP contribution in [-0.2, 0) is 19.5 Å². The Labute approximate surface area is 77.1 Å². The van der Waals surface area contributed by atoms with E-state index in [-0.39, 0.29) is 25.3 Å². The molecule has 0 aliphatic rings. The zero-order valence-corrected chi connectivity index (χ0v) is 9.34. The van der Waals surface area contributed by atoms with Gasteiger partial charge in [0.2, 0.25) is 0 Å². The van der Waals surface area contributed by atoms with Crippen LogP contribution in [0.5, 0.6) is 0 Å². The van der Waals surface area contributed by atoms with Crippen molar-refractivity contribution >= 4 is 11.6 Å². The molecule has 0 spiro atoms. The van der Waals surface area contributed by atoms with E-state index in [1.54, 1.807) is 6.92 Å². The summed E-state index contributed by atoms with van der Waals surface area (Å²) in [5.41, 5.74) is 0.554. The van der Waals surface area contributed by atoms with Crippen molar-refractivity contribution in [3.63, 3.8) is 0 Å². The van der Waals surface area contributed by atoms with Gasteiger partial charge in [-0.05, 0) is 0 Å². The number of hydrogen-bond acceptors (Lipinski definition) is 0. The molecule has 0 unspecified atom stereocenters. The van der Waals surface area contributed by atoms with E-state index in [1.807, 2.05) is 0 Å². The van der Waals surface area contributed by atoms with Crippen LogP contribution < -0.4 is 0 Å². The van der Waals surface area contributed by atoms with Gasteiger partial charge in [0.1, 0.15) is 0 Å². The van der Waals surface area contributed by atoms with Crippen molar-refractivity contribution in [2.24, 2.45) is 0 Å². The van der Waals surface area contributed by atoms with Gasteiger partial charge >= 0.3 is 0 Å². The second-order valence-electron chi connectivity index (χ2n) is 1.81. The molecule has 0 bridgehead atoms. The molecule has 0 aliphatic heterocycles. The van der Waals surface area contributed by atoms with Gasteiger partial charge in [0.05, 0.1) is 0 Å². The van der Waals surface area contributed by atoms with Crippen molar-refractivity contribution in [1.29, 1.82) is 0 Å². The molecule has 3 heteroatoms. The van der Waals surface area contributed by atoms with Crippen molar-refractivity contribution in [3.05, 3.63) is 34.6 Å². The van der Waals surface area contributed by atoms with Gasteiger partial charge in [-0.3, -0.25) is 4.39 Å². The van der Waals surface area contributed by atoms with E-state index in [2.05, 4.69) is 6.07 Å². The molecule has 0 amide bonds. The van der Waals surface area contributed by atoms with Crippen LogP contribution in [0.3, 0.4) is 0 Å². The van der Waals surface area contributed by atoms with Crippen molar-refractivity contribution in [2.75, 3.05) is 0 Å². The van der Waals surface area contributed by atoms with Gasteiger partial charge in [0.15, 0.2) is 0 Å². The van der Waals surface area contributed by atoms with E-state index in [0.29, 0.717) is 10.6 Å². The Morgan fingerprint density at radius 3 is 2.60 bits per heavy atom. The molecule has 0 aromatic heterocycles. The van der Waals surface area contributed by atoms with Gasteiger partial charge in [-0.25, -0.2) is 0 Å². The topological polar surface area (TPSA) is 0 Å². The summed E-state index contributed by atoms with van der Waals surface area (Å²) in [6.07, 6.45) is 0. The van der Waals surface area contributed by atoms with Crippen molar-refractivity contribution in [3.8, 4) is 0 Å². The van der Waals surface area contributed by atoms with Crippen LogP contribution >= 0.6 is 11.6 Å². The maximum Gasteiger partial charge on any atom is 0.0117 e. The smallest absolute Gasteiger partial charge is 0.0117 e. The maximum atomic E-state index is 12.4.